The van der Waals surface area contributed by atoms with Gasteiger partial charge >= 0.3 is 5.92 Å². The predicted molar refractivity (Wildman–Crippen MR) is 117 cm³/mol. The second kappa shape index (κ2) is 12.9. The molecule has 1 aliphatic heterocycles. The number of unbranched alkanes of at least 4 members (excludes halogenated alkanes) is 3. The fourth-order valence-electron chi connectivity index (χ4n) is 4.43. The molecule has 1 aliphatic rings. The van der Waals surface area contributed by atoms with Crippen LogP contribution in [0.1, 0.15) is 76.7 Å². The molecule has 1 fully saturated rings. The number of aryl methyl sites for hydroxylation is 1. The van der Waals surface area contributed by atoms with Crippen LogP contribution in [0.5, 0.6) is 0 Å². The van der Waals surface area contributed by atoms with Gasteiger partial charge in [0.05, 0.1) is 6.10 Å². The molecule has 0 bridgehead atoms. The van der Waals surface area contributed by atoms with Crippen LogP contribution in [-0.4, -0.2) is 46.5 Å². The third kappa shape index (κ3) is 8.49. The Labute approximate surface area is 189 Å². The maximum absolute atomic E-state index is 14.0. The topological polar surface area (TPSA) is 80.7 Å². The molecule has 5 nitrogen and oxygen atoms in total. The standard InChI is InChI=1S/C25H37F2NO4/c1-19(10-9-13-20-11-5-4-6-12-20)22(29)16-15-21-18-25(26,27)24(32)28(21)17-8-3-2-7-14-23(30)31/h4-6,11-12,19,21-22,29H,2-3,7-10,13-18H2,1H3,(H,30,31)/p-1/t19-,21-,22+/m0/s1. The van der Waals surface area contributed by atoms with Gasteiger partial charge in [0.25, 0.3) is 5.91 Å². The lowest BCUT2D eigenvalue weighted by Gasteiger charge is -2.26. The first-order valence-electron chi connectivity index (χ1n) is 11.8. The lowest BCUT2D eigenvalue weighted by Crippen LogP contribution is -2.37. The summed E-state index contributed by atoms with van der Waals surface area (Å²) in [5.74, 6) is -5.49. The minimum absolute atomic E-state index is 0.00916. The van der Waals surface area contributed by atoms with Crippen LogP contribution < -0.4 is 5.11 Å². The van der Waals surface area contributed by atoms with Crippen molar-refractivity contribution in [2.24, 2.45) is 5.92 Å². The molecule has 0 radical (unpaired) electrons. The van der Waals surface area contributed by atoms with E-state index in [-0.39, 0.29) is 18.9 Å². The number of nitrogens with zero attached hydrogens (tertiary/aromatic N) is 1. The smallest absolute Gasteiger partial charge is 0.326 e. The maximum atomic E-state index is 14.0. The molecule has 1 saturated heterocycles. The number of carboxylic acid groups (broad SMARTS) is 1. The highest BCUT2D eigenvalue weighted by Crippen LogP contribution is 2.36. The number of aliphatic hydroxyl groups excluding tert-OH is 1. The Kier molecular flexibility index (Phi) is 10.6. The van der Waals surface area contributed by atoms with E-state index in [1.807, 2.05) is 25.1 Å². The van der Waals surface area contributed by atoms with Gasteiger partial charge in [-0.3, -0.25) is 4.79 Å². The molecule has 7 heteroatoms. The second-order valence-corrected chi connectivity index (χ2v) is 9.10. The molecule has 1 N–H and O–H groups in total. The molecule has 3 atom stereocenters. The van der Waals surface area contributed by atoms with Crippen molar-refractivity contribution in [2.45, 2.75) is 95.6 Å². The van der Waals surface area contributed by atoms with E-state index in [0.29, 0.717) is 38.5 Å². The molecule has 180 valence electrons. The molecule has 0 spiro atoms. The zero-order valence-corrected chi connectivity index (χ0v) is 19.0. The first kappa shape index (κ1) is 26.2. The van der Waals surface area contributed by atoms with Crippen molar-refractivity contribution in [3.05, 3.63) is 35.9 Å². The van der Waals surface area contributed by atoms with Crippen molar-refractivity contribution >= 4 is 11.9 Å². The summed E-state index contributed by atoms with van der Waals surface area (Å²) < 4.78 is 28.1. The van der Waals surface area contributed by atoms with Gasteiger partial charge in [-0.2, -0.15) is 8.78 Å². The number of hydrogen-bond acceptors (Lipinski definition) is 4. The molecule has 0 aromatic heterocycles. The third-order valence-corrected chi connectivity index (χ3v) is 6.46. The third-order valence-electron chi connectivity index (χ3n) is 6.46. The Balaban J connectivity index is 1.74. The Morgan fingerprint density at radius 3 is 2.53 bits per heavy atom. The molecule has 0 saturated carbocycles. The maximum Gasteiger partial charge on any atom is 0.326 e. The van der Waals surface area contributed by atoms with Crippen molar-refractivity contribution in [2.75, 3.05) is 6.54 Å². The van der Waals surface area contributed by atoms with E-state index in [4.69, 9.17) is 0 Å². The van der Waals surface area contributed by atoms with Crippen molar-refractivity contribution in [1.82, 2.24) is 4.90 Å². The second-order valence-electron chi connectivity index (χ2n) is 9.10. The Morgan fingerprint density at radius 2 is 1.84 bits per heavy atom. The number of aliphatic carboxylic acids is 1. The summed E-state index contributed by atoms with van der Waals surface area (Å²) in [6.45, 7) is 2.22. The minimum atomic E-state index is -3.34. The number of rotatable bonds is 15. The van der Waals surface area contributed by atoms with Gasteiger partial charge in [0, 0.05) is 25.0 Å². The van der Waals surface area contributed by atoms with Crippen LogP contribution in [0.4, 0.5) is 8.78 Å². The SMILES string of the molecule is C[C@@H](CCCc1ccccc1)[C@H](O)CC[C@H]1CC(F)(F)C(=O)N1CCCCCCC(=O)[O-]. The van der Waals surface area contributed by atoms with Gasteiger partial charge in [0.1, 0.15) is 0 Å². The number of amides is 1. The summed E-state index contributed by atoms with van der Waals surface area (Å²) in [4.78, 5) is 23.8. The van der Waals surface area contributed by atoms with E-state index in [1.165, 1.54) is 10.5 Å². The molecule has 0 aliphatic carbocycles. The zero-order chi connectivity index (χ0) is 23.6. The molecular formula is C25H36F2NO4-. The summed E-state index contributed by atoms with van der Waals surface area (Å²) in [6, 6.07) is 9.59. The summed E-state index contributed by atoms with van der Waals surface area (Å²) >= 11 is 0. The van der Waals surface area contributed by atoms with Crippen molar-refractivity contribution < 1.29 is 28.6 Å². The Hall–Kier alpha value is -2.02. The van der Waals surface area contributed by atoms with Crippen LogP contribution >= 0.6 is 0 Å². The Bertz CT molecular complexity index is 713. The minimum Gasteiger partial charge on any atom is -0.550 e. The van der Waals surface area contributed by atoms with Crippen LogP contribution in [0.15, 0.2) is 30.3 Å². The van der Waals surface area contributed by atoms with Crippen molar-refractivity contribution in [3.8, 4) is 0 Å². The van der Waals surface area contributed by atoms with E-state index in [1.54, 1.807) is 0 Å². The molecule has 2 rings (SSSR count). The number of alkyl halides is 2. The van der Waals surface area contributed by atoms with Crippen molar-refractivity contribution in [1.29, 1.82) is 0 Å². The molecule has 1 heterocycles. The summed E-state index contributed by atoms with van der Waals surface area (Å²) in [5, 5.41) is 21.0. The number of likely N-dealkylation sites (tertiary alicyclic amines) is 1. The molecule has 1 amide bonds. The van der Waals surface area contributed by atoms with E-state index in [0.717, 1.165) is 19.3 Å². The quantitative estimate of drug-likeness (QED) is 0.411. The number of carboxylic acids is 1. The first-order valence-corrected chi connectivity index (χ1v) is 11.8. The van der Waals surface area contributed by atoms with Gasteiger partial charge in [0.2, 0.25) is 0 Å². The van der Waals surface area contributed by atoms with E-state index < -0.39 is 36.4 Å². The van der Waals surface area contributed by atoms with Crippen LogP contribution in [0.25, 0.3) is 0 Å². The number of hydrogen-bond donors (Lipinski definition) is 1. The number of aliphatic hydroxyl groups is 1. The zero-order valence-electron chi connectivity index (χ0n) is 19.0. The molecule has 1 aromatic carbocycles. The normalized spacial score (nSPS) is 19.8. The highest BCUT2D eigenvalue weighted by Gasteiger charge is 2.52. The fourth-order valence-corrected chi connectivity index (χ4v) is 4.43. The molecule has 0 unspecified atom stereocenters. The van der Waals surface area contributed by atoms with Gasteiger partial charge in [-0.15, -0.1) is 0 Å². The summed E-state index contributed by atoms with van der Waals surface area (Å²) in [5.41, 5.74) is 1.26. The molecule has 32 heavy (non-hydrogen) atoms. The highest BCUT2D eigenvalue weighted by atomic mass is 19.3. The lowest BCUT2D eigenvalue weighted by molar-refractivity contribution is -0.305. The van der Waals surface area contributed by atoms with Gasteiger partial charge in [-0.05, 0) is 62.8 Å². The summed E-state index contributed by atoms with van der Waals surface area (Å²) in [7, 11) is 0. The van der Waals surface area contributed by atoms with E-state index >= 15 is 0 Å². The van der Waals surface area contributed by atoms with Crippen LogP contribution in [0.3, 0.4) is 0 Å². The van der Waals surface area contributed by atoms with E-state index in [2.05, 4.69) is 12.1 Å². The first-order chi connectivity index (χ1) is 15.2. The Morgan fingerprint density at radius 1 is 1.16 bits per heavy atom. The van der Waals surface area contributed by atoms with Gasteiger partial charge in [-0.1, -0.05) is 50.1 Å². The average molecular weight is 453 g/mol. The number of halogens is 2. The van der Waals surface area contributed by atoms with Crippen LogP contribution in [0, 0.1) is 5.92 Å². The monoisotopic (exact) mass is 452 g/mol. The highest BCUT2D eigenvalue weighted by molar-refractivity contribution is 5.86. The number of benzene rings is 1. The summed E-state index contributed by atoms with van der Waals surface area (Å²) in [6.07, 6.45) is 4.80. The number of carbonyl (C=O) groups excluding carboxylic acids is 2. The van der Waals surface area contributed by atoms with Gasteiger partial charge in [-0.25, -0.2) is 0 Å². The van der Waals surface area contributed by atoms with Crippen molar-refractivity contribution in [3.63, 3.8) is 0 Å². The average Bonchev–Trinajstić information content (AvgIpc) is 2.97. The van der Waals surface area contributed by atoms with Gasteiger partial charge in [0.15, 0.2) is 0 Å². The largest absolute Gasteiger partial charge is 0.550 e. The van der Waals surface area contributed by atoms with Crippen LogP contribution in [0.2, 0.25) is 0 Å². The fraction of sp³-hybridized carbons (Fsp3) is 0.680. The number of carbonyl (C=O) groups is 2. The molecule has 1 aromatic rings. The van der Waals surface area contributed by atoms with Gasteiger partial charge < -0.3 is 19.9 Å². The lowest BCUT2D eigenvalue weighted by atomic mass is 9.92. The molecular weight excluding hydrogens is 416 g/mol. The predicted octanol–water partition coefficient (Wildman–Crippen LogP) is 3.72. The van der Waals surface area contributed by atoms with E-state index in [9.17, 15) is 28.6 Å². The van der Waals surface area contributed by atoms with Crippen LogP contribution in [-0.2, 0) is 16.0 Å².